The normalized spacial score (nSPS) is 10.8. The minimum absolute atomic E-state index is 0.861. The molecule has 0 fully saturated rings. The Balaban J connectivity index is 2.41. The van der Waals surface area contributed by atoms with Crippen LogP contribution in [0.15, 0.2) is 34.9 Å². The topological polar surface area (TPSA) is 29.9 Å². The Hall–Kier alpha value is -1.13. The highest BCUT2D eigenvalue weighted by atomic mass is 79.9. The number of rotatable bonds is 4. The van der Waals surface area contributed by atoms with E-state index in [4.69, 9.17) is 0 Å². The smallest absolute Gasteiger partial charge is 0.0649 e. The van der Waals surface area contributed by atoms with Crippen LogP contribution in [0, 0.1) is 0 Å². The van der Waals surface area contributed by atoms with Gasteiger partial charge in [-0.2, -0.15) is 5.10 Å². The summed E-state index contributed by atoms with van der Waals surface area (Å²) in [4.78, 5) is 0. The quantitative estimate of drug-likeness (QED) is 0.939. The summed E-state index contributed by atoms with van der Waals surface area (Å²) >= 11 is 3.44. The number of hydrogen-bond acceptors (Lipinski definition) is 2. The van der Waals surface area contributed by atoms with E-state index in [1.54, 1.807) is 0 Å². The number of nitrogens with zero attached hydrogens (tertiary/aromatic N) is 2. The zero-order valence-corrected chi connectivity index (χ0v) is 11.7. The van der Waals surface area contributed by atoms with Gasteiger partial charge in [0, 0.05) is 22.3 Å². The molecule has 1 aromatic carbocycles. The van der Waals surface area contributed by atoms with Gasteiger partial charge in [0.05, 0.1) is 11.9 Å². The third kappa shape index (κ3) is 2.58. The maximum absolute atomic E-state index is 4.47. The summed E-state index contributed by atoms with van der Waals surface area (Å²) < 4.78 is 3.10. The average Bonchev–Trinajstić information content (AvgIpc) is 2.73. The van der Waals surface area contributed by atoms with Gasteiger partial charge in [-0.1, -0.05) is 22.9 Å². The molecule has 0 radical (unpaired) electrons. The minimum atomic E-state index is 0.861. The van der Waals surface area contributed by atoms with Crippen LogP contribution in [-0.2, 0) is 13.0 Å². The maximum Gasteiger partial charge on any atom is 0.0649 e. The Bertz CT molecular complexity index is 488. The van der Waals surface area contributed by atoms with Crippen LogP contribution in [0.5, 0.6) is 0 Å². The number of halogens is 1. The molecule has 3 nitrogen and oxygen atoms in total. The van der Waals surface area contributed by atoms with Gasteiger partial charge < -0.3 is 5.32 Å². The van der Waals surface area contributed by atoms with Gasteiger partial charge >= 0.3 is 0 Å². The summed E-state index contributed by atoms with van der Waals surface area (Å²) in [6, 6.07) is 8.21. The highest BCUT2D eigenvalue weighted by Crippen LogP contribution is 2.18. The molecule has 0 aliphatic heterocycles. The van der Waals surface area contributed by atoms with E-state index in [1.165, 1.54) is 11.3 Å². The minimum Gasteiger partial charge on any atom is -0.316 e. The highest BCUT2D eigenvalue weighted by molar-refractivity contribution is 9.10. The molecule has 0 unspecified atom stereocenters. The van der Waals surface area contributed by atoms with Gasteiger partial charge in [0.1, 0.15) is 0 Å². The van der Waals surface area contributed by atoms with Crippen molar-refractivity contribution in [2.24, 2.45) is 0 Å². The van der Waals surface area contributed by atoms with Gasteiger partial charge in [-0.25, -0.2) is 4.68 Å². The van der Waals surface area contributed by atoms with E-state index in [1.807, 2.05) is 30.1 Å². The first-order chi connectivity index (χ1) is 8.26. The zero-order chi connectivity index (χ0) is 12.3. The van der Waals surface area contributed by atoms with Crippen molar-refractivity contribution in [2.45, 2.75) is 19.9 Å². The third-order valence-electron chi connectivity index (χ3n) is 2.73. The van der Waals surface area contributed by atoms with Gasteiger partial charge in [0.2, 0.25) is 0 Å². The van der Waals surface area contributed by atoms with E-state index < -0.39 is 0 Å². The van der Waals surface area contributed by atoms with Crippen molar-refractivity contribution in [1.82, 2.24) is 15.1 Å². The molecule has 2 aromatic rings. The molecule has 0 bridgehead atoms. The van der Waals surface area contributed by atoms with Crippen molar-refractivity contribution in [1.29, 1.82) is 0 Å². The molecular weight excluding hydrogens is 278 g/mol. The Morgan fingerprint density at radius 1 is 1.29 bits per heavy atom. The number of benzene rings is 1. The summed E-state index contributed by atoms with van der Waals surface area (Å²) in [5.41, 5.74) is 3.63. The summed E-state index contributed by atoms with van der Waals surface area (Å²) in [6.45, 7) is 3.02. The van der Waals surface area contributed by atoms with Gasteiger partial charge in [0.15, 0.2) is 0 Å². The number of aromatic nitrogens is 2. The molecule has 0 saturated heterocycles. The zero-order valence-electron chi connectivity index (χ0n) is 10.1. The van der Waals surface area contributed by atoms with Crippen LogP contribution in [0.25, 0.3) is 5.69 Å². The van der Waals surface area contributed by atoms with E-state index in [9.17, 15) is 0 Å². The molecular formula is C13H16BrN3. The fourth-order valence-corrected chi connectivity index (χ4v) is 2.19. The summed E-state index contributed by atoms with van der Waals surface area (Å²) in [5.74, 6) is 0. The Labute approximate surface area is 110 Å². The van der Waals surface area contributed by atoms with E-state index in [0.29, 0.717) is 0 Å². The molecule has 1 aromatic heterocycles. The van der Waals surface area contributed by atoms with Crippen molar-refractivity contribution in [3.05, 3.63) is 46.2 Å². The van der Waals surface area contributed by atoms with Crippen molar-refractivity contribution >= 4 is 15.9 Å². The Morgan fingerprint density at radius 3 is 2.59 bits per heavy atom. The lowest BCUT2D eigenvalue weighted by Gasteiger charge is -2.07. The van der Waals surface area contributed by atoms with Crippen LogP contribution in [0.2, 0.25) is 0 Å². The van der Waals surface area contributed by atoms with Crippen LogP contribution >= 0.6 is 15.9 Å². The molecule has 1 N–H and O–H groups in total. The molecule has 2 rings (SSSR count). The molecule has 0 spiro atoms. The Morgan fingerprint density at radius 2 is 2.00 bits per heavy atom. The molecule has 0 aliphatic rings. The fraction of sp³-hybridized carbons (Fsp3) is 0.308. The summed E-state index contributed by atoms with van der Waals surface area (Å²) in [6.07, 6.45) is 2.92. The van der Waals surface area contributed by atoms with Crippen LogP contribution in [0.3, 0.4) is 0 Å². The number of nitrogens with one attached hydrogen (secondary N) is 1. The first kappa shape index (κ1) is 12.3. The molecule has 4 heteroatoms. The summed E-state index contributed by atoms with van der Waals surface area (Å²) in [7, 11) is 1.95. The third-order valence-corrected chi connectivity index (χ3v) is 3.26. The largest absolute Gasteiger partial charge is 0.316 e. The number of hydrogen-bond donors (Lipinski definition) is 1. The van der Waals surface area contributed by atoms with Crippen LogP contribution < -0.4 is 5.32 Å². The molecule has 0 saturated carbocycles. The SMILES string of the molecule is CCc1c(CNC)cnn1-c1ccc(Br)cc1. The monoisotopic (exact) mass is 293 g/mol. The second-order valence-corrected chi connectivity index (χ2v) is 4.80. The molecule has 1 heterocycles. The molecule has 0 atom stereocenters. The van der Waals surface area contributed by atoms with Crippen molar-refractivity contribution < 1.29 is 0 Å². The van der Waals surface area contributed by atoms with Gasteiger partial charge in [-0.3, -0.25) is 0 Å². The predicted octanol–water partition coefficient (Wildman–Crippen LogP) is 2.92. The van der Waals surface area contributed by atoms with Crippen LogP contribution in [0.4, 0.5) is 0 Å². The second-order valence-electron chi connectivity index (χ2n) is 3.89. The van der Waals surface area contributed by atoms with Gasteiger partial charge in [0.25, 0.3) is 0 Å². The lowest BCUT2D eigenvalue weighted by molar-refractivity contribution is 0.779. The van der Waals surface area contributed by atoms with Crippen LogP contribution in [-0.4, -0.2) is 16.8 Å². The Kier molecular flexibility index (Phi) is 3.97. The van der Waals surface area contributed by atoms with E-state index in [-0.39, 0.29) is 0 Å². The van der Waals surface area contributed by atoms with E-state index in [0.717, 1.165) is 23.1 Å². The van der Waals surface area contributed by atoms with Gasteiger partial charge in [-0.15, -0.1) is 0 Å². The molecule has 0 amide bonds. The molecule has 90 valence electrons. The average molecular weight is 294 g/mol. The fourth-order valence-electron chi connectivity index (χ4n) is 1.93. The van der Waals surface area contributed by atoms with Crippen molar-refractivity contribution in [3.8, 4) is 5.69 Å². The standard InChI is InChI=1S/C13H16BrN3/c1-3-13-10(8-15-2)9-16-17(13)12-6-4-11(14)5-7-12/h4-7,9,15H,3,8H2,1-2H3. The van der Waals surface area contributed by atoms with E-state index >= 15 is 0 Å². The van der Waals surface area contributed by atoms with Crippen molar-refractivity contribution in [2.75, 3.05) is 7.05 Å². The molecule has 17 heavy (non-hydrogen) atoms. The first-order valence-corrected chi connectivity index (χ1v) is 6.52. The van der Waals surface area contributed by atoms with E-state index in [2.05, 4.69) is 45.4 Å². The van der Waals surface area contributed by atoms with Crippen LogP contribution in [0.1, 0.15) is 18.2 Å². The lowest BCUT2D eigenvalue weighted by Crippen LogP contribution is -2.08. The summed E-state index contributed by atoms with van der Waals surface area (Å²) in [5, 5.41) is 7.64. The predicted molar refractivity (Wildman–Crippen MR) is 73.4 cm³/mol. The highest BCUT2D eigenvalue weighted by Gasteiger charge is 2.09. The molecule has 0 aliphatic carbocycles. The van der Waals surface area contributed by atoms with Gasteiger partial charge in [-0.05, 0) is 37.7 Å². The van der Waals surface area contributed by atoms with Crippen molar-refractivity contribution in [3.63, 3.8) is 0 Å². The first-order valence-electron chi connectivity index (χ1n) is 5.72. The maximum atomic E-state index is 4.47. The second kappa shape index (κ2) is 5.47. The lowest BCUT2D eigenvalue weighted by atomic mass is 10.2.